The molecule has 7 nitrogen and oxygen atoms in total. The maximum atomic E-state index is 12.5. The largest absolute Gasteiger partial charge is 0.474 e. The van der Waals surface area contributed by atoms with Crippen molar-refractivity contribution in [2.45, 2.75) is 19.3 Å². The molecule has 0 fully saturated rings. The highest BCUT2D eigenvalue weighted by Gasteiger charge is 2.40. The molecule has 0 spiro atoms. The van der Waals surface area contributed by atoms with E-state index in [1.165, 1.54) is 0 Å². The summed E-state index contributed by atoms with van der Waals surface area (Å²) in [6.45, 7) is -0.607. The minimum Gasteiger partial charge on any atom is -0.474 e. The Kier molecular flexibility index (Phi) is 2.71. The number of amides is 1. The molecule has 98 valence electrons. The van der Waals surface area contributed by atoms with Gasteiger partial charge in [0.1, 0.15) is 0 Å². The molecule has 1 aliphatic heterocycles. The van der Waals surface area contributed by atoms with Crippen molar-refractivity contribution < 1.29 is 27.9 Å². The second kappa shape index (κ2) is 3.96. The number of hydrogen-bond acceptors (Lipinski definition) is 4. The van der Waals surface area contributed by atoms with Crippen molar-refractivity contribution in [2.24, 2.45) is 0 Å². The molecular formula is C8H7F3N4O3. The number of nitrogens with zero attached hydrogens (tertiary/aromatic N) is 4. The molecule has 2 rings (SSSR count). The number of aliphatic carboxylic acids is 1. The number of hydrogen-bond donors (Lipinski definition) is 1. The van der Waals surface area contributed by atoms with Crippen molar-refractivity contribution in [3.63, 3.8) is 0 Å². The number of carbonyl (C=O) groups excluding carboxylic acids is 1. The third-order valence-corrected chi connectivity index (χ3v) is 2.48. The van der Waals surface area contributed by atoms with Crippen LogP contribution < -0.4 is 0 Å². The minimum absolute atomic E-state index is 0.0804. The Hall–Kier alpha value is -2.13. The second-order valence-corrected chi connectivity index (χ2v) is 3.62. The molecule has 1 aromatic rings. The minimum atomic E-state index is -4.62. The molecule has 0 aliphatic carbocycles. The van der Waals surface area contributed by atoms with Crippen LogP contribution in [0.5, 0.6) is 0 Å². The van der Waals surface area contributed by atoms with Crippen LogP contribution in [0.2, 0.25) is 0 Å². The van der Waals surface area contributed by atoms with Crippen LogP contribution in [-0.4, -0.2) is 43.2 Å². The average molecular weight is 264 g/mol. The Morgan fingerprint density at radius 1 is 1.22 bits per heavy atom. The van der Waals surface area contributed by atoms with Gasteiger partial charge in [-0.15, -0.1) is 10.2 Å². The first-order valence-electron chi connectivity index (χ1n) is 4.82. The molecular weight excluding hydrogens is 257 g/mol. The van der Waals surface area contributed by atoms with Gasteiger partial charge >= 0.3 is 18.1 Å². The summed E-state index contributed by atoms with van der Waals surface area (Å²) >= 11 is 0. The van der Waals surface area contributed by atoms with Crippen LogP contribution in [0.1, 0.15) is 11.6 Å². The first kappa shape index (κ1) is 12.3. The number of carbonyl (C=O) groups is 2. The van der Waals surface area contributed by atoms with Crippen LogP contribution in [0, 0.1) is 0 Å². The number of aromatic nitrogens is 3. The lowest BCUT2D eigenvalue weighted by Gasteiger charge is -2.26. The number of alkyl halides is 3. The van der Waals surface area contributed by atoms with Gasteiger partial charge in [0.2, 0.25) is 5.82 Å². The Morgan fingerprint density at radius 2 is 1.89 bits per heavy atom. The Labute approximate surface area is 97.8 Å². The maximum Gasteiger partial charge on any atom is 0.451 e. The average Bonchev–Trinajstić information content (AvgIpc) is 2.69. The lowest BCUT2D eigenvalue weighted by Crippen LogP contribution is -2.42. The zero-order valence-corrected chi connectivity index (χ0v) is 8.81. The summed E-state index contributed by atoms with van der Waals surface area (Å²) in [7, 11) is 0. The van der Waals surface area contributed by atoms with Crippen LogP contribution in [0.15, 0.2) is 0 Å². The summed E-state index contributed by atoms with van der Waals surface area (Å²) in [4.78, 5) is 22.5. The van der Waals surface area contributed by atoms with Gasteiger partial charge in [0.15, 0.2) is 5.82 Å². The summed E-state index contributed by atoms with van der Waals surface area (Å²) in [5.74, 6) is -4.04. The van der Waals surface area contributed by atoms with E-state index in [0.29, 0.717) is 0 Å². The summed E-state index contributed by atoms with van der Waals surface area (Å²) < 4.78 is 38.3. The standard InChI is InChI=1S/C8H7F3N4O3/c9-8(10,11)7-13-12-4-3-14(1-2-15(4)7)5(16)6(17)18/h1-3H2,(H,17,18). The number of carboxylic acids is 1. The van der Waals surface area contributed by atoms with Crippen molar-refractivity contribution in [3.05, 3.63) is 11.6 Å². The fourth-order valence-electron chi connectivity index (χ4n) is 1.68. The highest BCUT2D eigenvalue weighted by molar-refractivity contribution is 6.31. The maximum absolute atomic E-state index is 12.5. The van der Waals surface area contributed by atoms with E-state index in [-0.39, 0.29) is 25.5 Å². The van der Waals surface area contributed by atoms with Gasteiger partial charge in [0.25, 0.3) is 0 Å². The summed E-state index contributed by atoms with van der Waals surface area (Å²) in [6.07, 6.45) is -4.62. The molecule has 18 heavy (non-hydrogen) atoms. The van der Waals surface area contributed by atoms with Crippen molar-refractivity contribution in [3.8, 4) is 0 Å². The van der Waals surface area contributed by atoms with E-state index in [1.54, 1.807) is 0 Å². The number of fused-ring (bicyclic) bond motifs is 1. The van der Waals surface area contributed by atoms with E-state index in [0.717, 1.165) is 9.47 Å². The quantitative estimate of drug-likeness (QED) is 0.651. The van der Waals surface area contributed by atoms with E-state index in [9.17, 15) is 22.8 Å². The van der Waals surface area contributed by atoms with Crippen LogP contribution in [0.4, 0.5) is 13.2 Å². The van der Waals surface area contributed by atoms with Gasteiger partial charge in [-0.2, -0.15) is 13.2 Å². The summed E-state index contributed by atoms with van der Waals surface area (Å²) in [5.41, 5.74) is 0. The molecule has 2 heterocycles. The second-order valence-electron chi connectivity index (χ2n) is 3.62. The van der Waals surface area contributed by atoms with E-state index < -0.39 is 23.9 Å². The lowest BCUT2D eigenvalue weighted by molar-refractivity contribution is -0.157. The van der Waals surface area contributed by atoms with Crippen molar-refractivity contribution >= 4 is 11.9 Å². The molecule has 0 atom stereocenters. The van der Waals surface area contributed by atoms with Crippen molar-refractivity contribution in [1.82, 2.24) is 19.7 Å². The smallest absolute Gasteiger partial charge is 0.451 e. The van der Waals surface area contributed by atoms with Crippen LogP contribution in [-0.2, 0) is 28.9 Å². The number of rotatable bonds is 0. The van der Waals surface area contributed by atoms with Gasteiger partial charge in [-0.3, -0.25) is 4.79 Å². The first-order valence-corrected chi connectivity index (χ1v) is 4.82. The van der Waals surface area contributed by atoms with Gasteiger partial charge in [-0.25, -0.2) is 4.79 Å². The van der Waals surface area contributed by atoms with Crippen LogP contribution in [0.3, 0.4) is 0 Å². The van der Waals surface area contributed by atoms with Crippen LogP contribution >= 0.6 is 0 Å². The zero-order chi connectivity index (χ0) is 13.5. The lowest BCUT2D eigenvalue weighted by atomic mass is 10.3. The molecule has 0 aromatic carbocycles. The summed E-state index contributed by atoms with van der Waals surface area (Å²) in [5, 5.41) is 14.8. The molecule has 0 saturated carbocycles. The van der Waals surface area contributed by atoms with Gasteiger partial charge in [-0.05, 0) is 0 Å². The Balaban J connectivity index is 2.25. The van der Waals surface area contributed by atoms with Gasteiger partial charge < -0.3 is 14.6 Å². The molecule has 0 bridgehead atoms. The predicted octanol–water partition coefficient (Wildman–Crippen LogP) is -0.276. The van der Waals surface area contributed by atoms with E-state index in [4.69, 9.17) is 5.11 Å². The molecule has 0 saturated heterocycles. The molecule has 0 radical (unpaired) electrons. The van der Waals surface area contributed by atoms with Crippen molar-refractivity contribution in [2.75, 3.05) is 6.54 Å². The van der Waals surface area contributed by atoms with E-state index in [2.05, 4.69) is 10.2 Å². The van der Waals surface area contributed by atoms with Gasteiger partial charge in [-0.1, -0.05) is 0 Å². The fraction of sp³-hybridized carbons (Fsp3) is 0.500. The molecule has 1 amide bonds. The molecule has 1 N–H and O–H groups in total. The SMILES string of the molecule is O=C(O)C(=O)N1CCn2c(nnc2C(F)(F)F)C1. The Morgan fingerprint density at radius 3 is 2.44 bits per heavy atom. The normalized spacial score (nSPS) is 15.4. The van der Waals surface area contributed by atoms with Crippen molar-refractivity contribution in [1.29, 1.82) is 0 Å². The van der Waals surface area contributed by atoms with Gasteiger partial charge in [0.05, 0.1) is 6.54 Å². The highest BCUT2D eigenvalue weighted by atomic mass is 19.4. The number of carboxylic acid groups (broad SMARTS) is 1. The van der Waals surface area contributed by atoms with E-state index in [1.807, 2.05) is 0 Å². The van der Waals surface area contributed by atoms with Gasteiger partial charge in [0, 0.05) is 13.1 Å². The topological polar surface area (TPSA) is 88.3 Å². The molecule has 10 heteroatoms. The fourth-order valence-corrected chi connectivity index (χ4v) is 1.68. The first-order chi connectivity index (χ1) is 8.30. The van der Waals surface area contributed by atoms with Crippen LogP contribution in [0.25, 0.3) is 0 Å². The molecule has 0 unspecified atom stereocenters. The highest BCUT2D eigenvalue weighted by Crippen LogP contribution is 2.29. The number of halogens is 3. The third-order valence-electron chi connectivity index (χ3n) is 2.48. The summed E-state index contributed by atoms with van der Waals surface area (Å²) in [6, 6.07) is 0. The predicted molar refractivity (Wildman–Crippen MR) is 48.1 cm³/mol. The zero-order valence-electron chi connectivity index (χ0n) is 8.81. The Bertz CT molecular complexity index is 510. The van der Waals surface area contributed by atoms with E-state index >= 15 is 0 Å². The molecule has 1 aromatic heterocycles. The monoisotopic (exact) mass is 264 g/mol. The molecule has 1 aliphatic rings. The third kappa shape index (κ3) is 2.00.